The molecule has 140 valence electrons. The number of carbonyl (C=O) groups excluding carboxylic acids is 1. The predicted octanol–water partition coefficient (Wildman–Crippen LogP) is 4.32. The highest BCUT2D eigenvalue weighted by atomic mass is 35.5. The summed E-state index contributed by atoms with van der Waals surface area (Å²) < 4.78 is 7.47. The zero-order valence-corrected chi connectivity index (χ0v) is 16.2. The zero-order valence-electron chi connectivity index (χ0n) is 14.7. The molecule has 3 aromatic rings. The third-order valence-corrected chi connectivity index (χ3v) is 4.49. The lowest BCUT2D eigenvalue weighted by molar-refractivity contribution is -0.127. The van der Waals surface area contributed by atoms with Crippen molar-refractivity contribution in [2.75, 3.05) is 0 Å². The lowest BCUT2D eigenvalue weighted by Gasteiger charge is -2.16. The number of ether oxygens (including phenoxy) is 1. The Balaban J connectivity index is 1.50. The Morgan fingerprint density at radius 2 is 1.93 bits per heavy atom. The summed E-state index contributed by atoms with van der Waals surface area (Å²) in [6.45, 7) is 2.81. The first-order valence-corrected chi connectivity index (χ1v) is 9.21. The van der Waals surface area contributed by atoms with Crippen LogP contribution in [0.4, 0.5) is 0 Å². The van der Waals surface area contributed by atoms with E-state index in [0.29, 0.717) is 28.9 Å². The highest BCUT2D eigenvalue weighted by Crippen LogP contribution is 2.28. The molecule has 3 rings (SSSR count). The van der Waals surface area contributed by atoms with E-state index in [-0.39, 0.29) is 5.91 Å². The van der Waals surface area contributed by atoms with Gasteiger partial charge in [-0.3, -0.25) is 9.48 Å². The molecular weight excluding hydrogens is 385 g/mol. The van der Waals surface area contributed by atoms with Gasteiger partial charge in [0.05, 0.1) is 11.6 Å². The standard InChI is InChI=1S/C20H19Cl2N3O2/c1-14(27-19-8-7-17(21)11-18(19)22)20(26)23-12-15-3-5-16(6-4-15)13-25-10-2-9-24-25/h2-11,14H,12-13H2,1H3,(H,23,26). The van der Waals surface area contributed by atoms with E-state index in [1.165, 1.54) is 0 Å². The van der Waals surface area contributed by atoms with Crippen molar-refractivity contribution in [3.63, 3.8) is 0 Å². The van der Waals surface area contributed by atoms with Crippen LogP contribution in [-0.2, 0) is 17.9 Å². The average molecular weight is 404 g/mol. The summed E-state index contributed by atoms with van der Waals surface area (Å²) >= 11 is 11.9. The Morgan fingerprint density at radius 1 is 1.19 bits per heavy atom. The van der Waals surface area contributed by atoms with Crippen LogP contribution in [0.15, 0.2) is 60.9 Å². The second kappa shape index (κ2) is 8.93. The Bertz CT molecular complexity index is 896. The molecule has 1 aromatic heterocycles. The van der Waals surface area contributed by atoms with E-state index in [4.69, 9.17) is 27.9 Å². The molecule has 1 unspecified atom stereocenters. The monoisotopic (exact) mass is 403 g/mol. The fraction of sp³-hybridized carbons (Fsp3) is 0.200. The summed E-state index contributed by atoms with van der Waals surface area (Å²) in [6.07, 6.45) is 3.00. The van der Waals surface area contributed by atoms with Crippen LogP contribution in [0.1, 0.15) is 18.1 Å². The van der Waals surface area contributed by atoms with Crippen LogP contribution in [-0.4, -0.2) is 21.8 Å². The number of halogens is 2. The molecule has 1 atom stereocenters. The van der Waals surface area contributed by atoms with Gasteiger partial charge < -0.3 is 10.1 Å². The Labute approximate surface area is 167 Å². The first-order valence-electron chi connectivity index (χ1n) is 8.46. The quantitative estimate of drug-likeness (QED) is 0.638. The Hall–Kier alpha value is -2.50. The van der Waals surface area contributed by atoms with E-state index in [9.17, 15) is 4.79 Å². The van der Waals surface area contributed by atoms with Crippen LogP contribution in [0.2, 0.25) is 10.0 Å². The molecule has 1 amide bonds. The van der Waals surface area contributed by atoms with Gasteiger partial charge in [-0.15, -0.1) is 0 Å². The van der Waals surface area contributed by atoms with Gasteiger partial charge >= 0.3 is 0 Å². The van der Waals surface area contributed by atoms with Gasteiger partial charge in [0.15, 0.2) is 6.10 Å². The molecule has 0 radical (unpaired) electrons. The summed E-state index contributed by atoms with van der Waals surface area (Å²) in [5.74, 6) is 0.202. The van der Waals surface area contributed by atoms with Crippen molar-refractivity contribution in [2.45, 2.75) is 26.1 Å². The highest BCUT2D eigenvalue weighted by molar-refractivity contribution is 6.35. The van der Waals surface area contributed by atoms with E-state index < -0.39 is 6.10 Å². The van der Waals surface area contributed by atoms with Crippen LogP contribution in [0.5, 0.6) is 5.75 Å². The van der Waals surface area contributed by atoms with Crippen molar-refractivity contribution >= 4 is 29.1 Å². The van der Waals surface area contributed by atoms with Gasteiger partial charge in [0.2, 0.25) is 0 Å². The van der Waals surface area contributed by atoms with Crippen LogP contribution >= 0.6 is 23.2 Å². The predicted molar refractivity (Wildman–Crippen MR) is 106 cm³/mol. The fourth-order valence-electron chi connectivity index (χ4n) is 2.49. The molecule has 0 saturated heterocycles. The molecule has 0 aliphatic heterocycles. The van der Waals surface area contributed by atoms with Crippen molar-refractivity contribution in [1.29, 1.82) is 0 Å². The van der Waals surface area contributed by atoms with Gasteiger partial charge in [0.25, 0.3) is 5.91 Å². The number of carbonyl (C=O) groups is 1. The zero-order chi connectivity index (χ0) is 19.2. The summed E-state index contributed by atoms with van der Waals surface area (Å²) in [6, 6.07) is 14.8. The third kappa shape index (κ3) is 5.49. The summed E-state index contributed by atoms with van der Waals surface area (Å²) in [5, 5.41) is 7.94. The lowest BCUT2D eigenvalue weighted by atomic mass is 10.1. The van der Waals surface area contributed by atoms with Gasteiger partial charge in [-0.25, -0.2) is 0 Å². The lowest BCUT2D eigenvalue weighted by Crippen LogP contribution is -2.35. The Kier molecular flexibility index (Phi) is 6.37. The molecule has 0 aliphatic carbocycles. The van der Waals surface area contributed by atoms with E-state index in [0.717, 1.165) is 11.1 Å². The molecule has 0 aliphatic rings. The minimum Gasteiger partial charge on any atom is -0.479 e. The van der Waals surface area contributed by atoms with Crippen molar-refractivity contribution in [3.05, 3.63) is 82.1 Å². The minimum absolute atomic E-state index is 0.221. The SMILES string of the molecule is CC(Oc1ccc(Cl)cc1Cl)C(=O)NCc1ccc(Cn2cccn2)cc1. The van der Waals surface area contributed by atoms with Crippen LogP contribution in [0.25, 0.3) is 0 Å². The maximum atomic E-state index is 12.3. The number of aromatic nitrogens is 2. The number of nitrogens with one attached hydrogen (secondary N) is 1. The molecule has 27 heavy (non-hydrogen) atoms. The van der Waals surface area contributed by atoms with Crippen LogP contribution < -0.4 is 10.1 Å². The Morgan fingerprint density at radius 3 is 2.59 bits per heavy atom. The second-order valence-electron chi connectivity index (χ2n) is 6.07. The molecular formula is C20H19Cl2N3O2. The fourth-order valence-corrected chi connectivity index (χ4v) is 2.94. The number of nitrogens with zero attached hydrogens (tertiary/aromatic N) is 2. The summed E-state index contributed by atoms with van der Waals surface area (Å²) in [5.41, 5.74) is 2.15. The van der Waals surface area contributed by atoms with Gasteiger partial charge in [0.1, 0.15) is 5.75 Å². The average Bonchev–Trinajstić information content (AvgIpc) is 3.16. The molecule has 0 spiro atoms. The topological polar surface area (TPSA) is 56.1 Å². The number of hydrogen-bond acceptors (Lipinski definition) is 3. The van der Waals surface area contributed by atoms with E-state index >= 15 is 0 Å². The largest absolute Gasteiger partial charge is 0.479 e. The number of rotatable bonds is 7. The number of benzene rings is 2. The molecule has 2 aromatic carbocycles. The van der Waals surface area contributed by atoms with E-state index in [1.54, 1.807) is 31.3 Å². The van der Waals surface area contributed by atoms with E-state index in [2.05, 4.69) is 10.4 Å². The van der Waals surface area contributed by atoms with Crippen LogP contribution in [0, 0.1) is 0 Å². The van der Waals surface area contributed by atoms with Crippen molar-refractivity contribution in [1.82, 2.24) is 15.1 Å². The third-order valence-electron chi connectivity index (χ3n) is 3.96. The smallest absolute Gasteiger partial charge is 0.261 e. The summed E-state index contributed by atoms with van der Waals surface area (Å²) in [4.78, 5) is 12.3. The molecule has 0 bridgehead atoms. The maximum absolute atomic E-state index is 12.3. The first kappa shape index (κ1) is 19.3. The van der Waals surface area contributed by atoms with Crippen molar-refractivity contribution in [3.8, 4) is 5.75 Å². The van der Waals surface area contributed by atoms with Gasteiger partial charge in [-0.1, -0.05) is 47.5 Å². The molecule has 7 heteroatoms. The number of hydrogen-bond donors (Lipinski definition) is 1. The summed E-state index contributed by atoms with van der Waals surface area (Å²) in [7, 11) is 0. The van der Waals surface area contributed by atoms with Crippen molar-refractivity contribution in [2.24, 2.45) is 0 Å². The van der Waals surface area contributed by atoms with Gasteiger partial charge in [-0.2, -0.15) is 5.10 Å². The highest BCUT2D eigenvalue weighted by Gasteiger charge is 2.16. The van der Waals surface area contributed by atoms with Crippen LogP contribution in [0.3, 0.4) is 0 Å². The molecule has 5 nitrogen and oxygen atoms in total. The maximum Gasteiger partial charge on any atom is 0.261 e. The number of amides is 1. The minimum atomic E-state index is -0.678. The van der Waals surface area contributed by atoms with E-state index in [1.807, 2.05) is 41.2 Å². The second-order valence-corrected chi connectivity index (χ2v) is 6.92. The first-order chi connectivity index (χ1) is 13.0. The molecule has 1 N–H and O–H groups in total. The van der Waals surface area contributed by atoms with Crippen molar-refractivity contribution < 1.29 is 9.53 Å². The molecule has 1 heterocycles. The van der Waals surface area contributed by atoms with Gasteiger partial charge in [-0.05, 0) is 42.3 Å². The molecule has 0 saturated carbocycles. The van der Waals surface area contributed by atoms with Gasteiger partial charge in [0, 0.05) is 24.0 Å². The normalized spacial score (nSPS) is 11.8. The molecule has 0 fully saturated rings.